The summed E-state index contributed by atoms with van der Waals surface area (Å²) in [5.74, 6) is -1.60. The van der Waals surface area contributed by atoms with Crippen LogP contribution in [0.2, 0.25) is 0 Å². The Morgan fingerprint density at radius 1 is 1.44 bits per heavy atom. The van der Waals surface area contributed by atoms with E-state index in [-0.39, 0.29) is 5.56 Å². The van der Waals surface area contributed by atoms with Gasteiger partial charge in [-0.15, -0.1) is 0 Å². The van der Waals surface area contributed by atoms with Crippen LogP contribution in [0.25, 0.3) is 0 Å². The average Bonchev–Trinajstić information content (AvgIpc) is 2.39. The first-order valence-corrected chi connectivity index (χ1v) is 5.82. The highest BCUT2D eigenvalue weighted by Crippen LogP contribution is 2.35. The van der Waals surface area contributed by atoms with Crippen molar-refractivity contribution in [1.82, 2.24) is 0 Å². The maximum Gasteiger partial charge on any atom is 0.309 e. The first kappa shape index (κ1) is 13.0. The molecule has 0 saturated carbocycles. The molecule has 1 aromatic rings. The maximum atomic E-state index is 12.6. The molecule has 18 heavy (non-hydrogen) atoms. The summed E-state index contributed by atoms with van der Waals surface area (Å²) < 4.78 is 30.7. The Labute approximate surface area is 103 Å². The fourth-order valence-electron chi connectivity index (χ4n) is 2.23. The lowest BCUT2D eigenvalue weighted by molar-refractivity contribution is -0.151. The first-order chi connectivity index (χ1) is 8.59. The summed E-state index contributed by atoms with van der Waals surface area (Å²) in [7, 11) is 0. The molecule has 2 unspecified atom stereocenters. The molecule has 0 spiro atoms. The third-order valence-corrected chi connectivity index (χ3v) is 3.13. The maximum absolute atomic E-state index is 12.6. The SMILES string of the molecule is O=C(O)C1CCCOC1c1cccc(C(F)F)c1. The molecule has 1 aromatic carbocycles. The van der Waals surface area contributed by atoms with E-state index in [0.717, 1.165) is 0 Å². The van der Waals surface area contributed by atoms with Gasteiger partial charge < -0.3 is 9.84 Å². The van der Waals surface area contributed by atoms with Gasteiger partial charge in [0, 0.05) is 12.2 Å². The van der Waals surface area contributed by atoms with E-state index in [4.69, 9.17) is 9.84 Å². The number of ether oxygens (including phenoxy) is 1. The number of rotatable bonds is 3. The molecular formula is C13H14F2O3. The third kappa shape index (κ3) is 2.67. The first-order valence-electron chi connectivity index (χ1n) is 5.82. The molecule has 0 amide bonds. The van der Waals surface area contributed by atoms with Crippen molar-refractivity contribution >= 4 is 5.97 Å². The van der Waals surface area contributed by atoms with E-state index in [1.807, 2.05) is 0 Å². The molecule has 2 atom stereocenters. The summed E-state index contributed by atoms with van der Waals surface area (Å²) in [6, 6.07) is 5.80. The lowest BCUT2D eigenvalue weighted by atomic mass is 9.89. The summed E-state index contributed by atoms with van der Waals surface area (Å²) in [5, 5.41) is 9.12. The van der Waals surface area contributed by atoms with Crippen molar-refractivity contribution in [3.05, 3.63) is 35.4 Å². The Hall–Kier alpha value is -1.49. The van der Waals surface area contributed by atoms with Crippen molar-refractivity contribution in [1.29, 1.82) is 0 Å². The van der Waals surface area contributed by atoms with Gasteiger partial charge in [-0.05, 0) is 24.5 Å². The van der Waals surface area contributed by atoms with E-state index in [9.17, 15) is 13.6 Å². The Bertz CT molecular complexity index is 434. The smallest absolute Gasteiger partial charge is 0.309 e. The minimum Gasteiger partial charge on any atom is -0.481 e. The number of hydrogen-bond donors (Lipinski definition) is 1. The number of alkyl halides is 2. The van der Waals surface area contributed by atoms with Crippen LogP contribution < -0.4 is 0 Å². The molecule has 3 nitrogen and oxygen atoms in total. The monoisotopic (exact) mass is 256 g/mol. The Morgan fingerprint density at radius 2 is 2.22 bits per heavy atom. The van der Waals surface area contributed by atoms with Gasteiger partial charge in [-0.25, -0.2) is 8.78 Å². The number of hydrogen-bond acceptors (Lipinski definition) is 2. The standard InChI is InChI=1S/C13H14F2O3/c14-12(15)9-4-1-3-8(7-9)11-10(13(16)17)5-2-6-18-11/h1,3-4,7,10-12H,2,5-6H2,(H,16,17). The number of carboxylic acids is 1. The van der Waals surface area contributed by atoms with Gasteiger partial charge in [0.2, 0.25) is 0 Å². The van der Waals surface area contributed by atoms with Crippen LogP contribution in [0.4, 0.5) is 8.78 Å². The number of aliphatic carboxylic acids is 1. The molecule has 0 bridgehead atoms. The van der Waals surface area contributed by atoms with Gasteiger partial charge in [0.15, 0.2) is 0 Å². The summed E-state index contributed by atoms with van der Waals surface area (Å²) >= 11 is 0. The van der Waals surface area contributed by atoms with Crippen molar-refractivity contribution < 1.29 is 23.4 Å². The van der Waals surface area contributed by atoms with Crippen molar-refractivity contribution in [2.45, 2.75) is 25.4 Å². The quantitative estimate of drug-likeness (QED) is 0.903. The molecule has 1 saturated heterocycles. The van der Waals surface area contributed by atoms with Crippen LogP contribution in [0.3, 0.4) is 0 Å². The Morgan fingerprint density at radius 3 is 2.89 bits per heavy atom. The molecule has 1 aliphatic rings. The molecule has 0 radical (unpaired) electrons. The highest BCUT2D eigenvalue weighted by molar-refractivity contribution is 5.71. The molecule has 1 aliphatic heterocycles. The highest BCUT2D eigenvalue weighted by Gasteiger charge is 2.33. The van der Waals surface area contributed by atoms with Gasteiger partial charge in [0.1, 0.15) is 0 Å². The van der Waals surface area contributed by atoms with Gasteiger partial charge in [-0.3, -0.25) is 4.79 Å². The van der Waals surface area contributed by atoms with E-state index < -0.39 is 24.4 Å². The molecule has 98 valence electrons. The van der Waals surface area contributed by atoms with Crippen molar-refractivity contribution in [3.63, 3.8) is 0 Å². The zero-order valence-corrected chi connectivity index (χ0v) is 9.68. The lowest BCUT2D eigenvalue weighted by Gasteiger charge is -2.29. The summed E-state index contributed by atoms with van der Waals surface area (Å²) in [4.78, 5) is 11.1. The van der Waals surface area contributed by atoms with E-state index in [1.165, 1.54) is 18.2 Å². The van der Waals surface area contributed by atoms with Crippen molar-refractivity contribution in [3.8, 4) is 0 Å². The lowest BCUT2D eigenvalue weighted by Crippen LogP contribution is -2.28. The number of carbonyl (C=O) groups is 1. The molecule has 1 fully saturated rings. The second-order valence-electron chi connectivity index (χ2n) is 4.35. The zero-order valence-electron chi connectivity index (χ0n) is 9.68. The van der Waals surface area contributed by atoms with Crippen LogP contribution in [0, 0.1) is 5.92 Å². The van der Waals surface area contributed by atoms with Crippen LogP contribution in [-0.2, 0) is 9.53 Å². The predicted octanol–water partition coefficient (Wildman–Crippen LogP) is 3.18. The fraction of sp³-hybridized carbons (Fsp3) is 0.462. The van der Waals surface area contributed by atoms with Gasteiger partial charge in [-0.2, -0.15) is 0 Å². The largest absolute Gasteiger partial charge is 0.481 e. The average molecular weight is 256 g/mol. The molecule has 5 heteroatoms. The van der Waals surface area contributed by atoms with Gasteiger partial charge in [0.25, 0.3) is 6.43 Å². The second kappa shape index (κ2) is 5.44. The molecule has 1 N–H and O–H groups in total. The highest BCUT2D eigenvalue weighted by atomic mass is 19.3. The van der Waals surface area contributed by atoms with Crippen molar-refractivity contribution in [2.75, 3.05) is 6.61 Å². The molecule has 1 heterocycles. The van der Waals surface area contributed by atoms with E-state index >= 15 is 0 Å². The molecular weight excluding hydrogens is 242 g/mol. The number of benzene rings is 1. The summed E-state index contributed by atoms with van der Waals surface area (Å²) in [6.45, 7) is 0.466. The predicted molar refractivity (Wildman–Crippen MR) is 60.5 cm³/mol. The van der Waals surface area contributed by atoms with E-state index in [1.54, 1.807) is 6.07 Å². The van der Waals surface area contributed by atoms with Crippen molar-refractivity contribution in [2.24, 2.45) is 5.92 Å². The van der Waals surface area contributed by atoms with Crippen LogP contribution >= 0.6 is 0 Å². The van der Waals surface area contributed by atoms with Crippen LogP contribution in [0.5, 0.6) is 0 Å². The molecule has 2 rings (SSSR count). The fourth-order valence-corrected chi connectivity index (χ4v) is 2.23. The normalized spacial score (nSPS) is 24.2. The topological polar surface area (TPSA) is 46.5 Å². The minimum atomic E-state index is -2.56. The molecule has 0 aliphatic carbocycles. The van der Waals surface area contributed by atoms with Gasteiger partial charge >= 0.3 is 5.97 Å². The Balaban J connectivity index is 2.28. The molecule has 0 aromatic heterocycles. The second-order valence-corrected chi connectivity index (χ2v) is 4.35. The van der Waals surface area contributed by atoms with Crippen LogP contribution in [0.15, 0.2) is 24.3 Å². The van der Waals surface area contributed by atoms with E-state index in [0.29, 0.717) is 25.0 Å². The van der Waals surface area contributed by atoms with E-state index in [2.05, 4.69) is 0 Å². The summed E-state index contributed by atoms with van der Waals surface area (Å²) in [6.07, 6.45) is -1.99. The minimum absolute atomic E-state index is 0.106. The third-order valence-electron chi connectivity index (χ3n) is 3.13. The number of halogens is 2. The number of carboxylic acid groups (broad SMARTS) is 1. The van der Waals surface area contributed by atoms with Gasteiger partial charge in [0.05, 0.1) is 12.0 Å². The Kier molecular flexibility index (Phi) is 3.91. The van der Waals surface area contributed by atoms with Crippen LogP contribution in [-0.4, -0.2) is 17.7 Å². The summed E-state index contributed by atoms with van der Waals surface area (Å²) in [5.41, 5.74) is 0.408. The van der Waals surface area contributed by atoms with Crippen LogP contribution in [0.1, 0.15) is 36.5 Å². The zero-order chi connectivity index (χ0) is 13.1. The van der Waals surface area contributed by atoms with Gasteiger partial charge in [-0.1, -0.05) is 18.2 Å².